The second kappa shape index (κ2) is 6.79. The molecule has 5 heteroatoms. The molecule has 1 aliphatic carbocycles. The lowest BCUT2D eigenvalue weighted by molar-refractivity contribution is 0.257. The van der Waals surface area contributed by atoms with Crippen molar-refractivity contribution in [2.24, 2.45) is 11.8 Å². The molecule has 0 aromatic heterocycles. The minimum atomic E-state index is -3.48. The first-order chi connectivity index (χ1) is 9.94. The Morgan fingerprint density at radius 2 is 2.00 bits per heavy atom. The zero-order chi connectivity index (χ0) is 15.5. The van der Waals surface area contributed by atoms with Crippen molar-refractivity contribution in [1.82, 2.24) is 4.72 Å². The van der Waals surface area contributed by atoms with Crippen LogP contribution >= 0.6 is 0 Å². The third kappa shape index (κ3) is 3.98. The lowest BCUT2D eigenvalue weighted by Gasteiger charge is -2.28. The van der Waals surface area contributed by atoms with Crippen LogP contribution in [0.2, 0.25) is 0 Å². The largest absolute Gasteiger partial charge is 0.399 e. The van der Waals surface area contributed by atoms with Crippen molar-refractivity contribution in [2.45, 2.75) is 50.8 Å². The van der Waals surface area contributed by atoms with E-state index in [9.17, 15) is 8.42 Å². The highest BCUT2D eigenvalue weighted by atomic mass is 32.2. The molecule has 1 saturated carbocycles. The molecule has 0 saturated heterocycles. The van der Waals surface area contributed by atoms with Gasteiger partial charge in [-0.1, -0.05) is 39.2 Å². The van der Waals surface area contributed by atoms with Crippen LogP contribution in [-0.2, 0) is 16.4 Å². The summed E-state index contributed by atoms with van der Waals surface area (Å²) in [6.07, 6.45) is 5.46. The van der Waals surface area contributed by atoms with Crippen molar-refractivity contribution in [3.05, 3.63) is 23.8 Å². The lowest BCUT2D eigenvalue weighted by Crippen LogP contribution is -2.33. The normalized spacial score (nSPS) is 23.1. The summed E-state index contributed by atoms with van der Waals surface area (Å²) >= 11 is 0. The van der Waals surface area contributed by atoms with Crippen LogP contribution in [0.25, 0.3) is 0 Å². The molecule has 0 aliphatic heterocycles. The topological polar surface area (TPSA) is 72.2 Å². The number of aryl methyl sites for hydroxylation is 1. The number of sulfonamides is 1. The van der Waals surface area contributed by atoms with Crippen molar-refractivity contribution in [3.63, 3.8) is 0 Å². The predicted octanol–water partition coefficient (Wildman–Crippen LogP) is 2.94. The fraction of sp³-hybridized carbons (Fsp3) is 0.625. The van der Waals surface area contributed by atoms with Crippen molar-refractivity contribution in [2.75, 3.05) is 12.3 Å². The highest BCUT2D eigenvalue weighted by Gasteiger charge is 2.24. The van der Waals surface area contributed by atoms with Crippen LogP contribution in [-0.4, -0.2) is 15.0 Å². The summed E-state index contributed by atoms with van der Waals surface area (Å²) in [5.74, 6) is 1.03. The van der Waals surface area contributed by atoms with Crippen molar-refractivity contribution in [1.29, 1.82) is 0 Å². The fourth-order valence-electron chi connectivity index (χ4n) is 3.10. The number of nitrogens with two attached hydrogens (primary N) is 1. The van der Waals surface area contributed by atoms with Gasteiger partial charge in [-0.25, -0.2) is 13.1 Å². The summed E-state index contributed by atoms with van der Waals surface area (Å²) in [5.41, 5.74) is 7.05. The van der Waals surface area contributed by atoms with E-state index in [0.717, 1.165) is 12.0 Å². The first-order valence-corrected chi connectivity index (χ1v) is 9.30. The molecule has 2 unspecified atom stereocenters. The lowest BCUT2D eigenvalue weighted by atomic mass is 9.81. The Kier molecular flexibility index (Phi) is 5.27. The van der Waals surface area contributed by atoms with E-state index in [2.05, 4.69) is 11.6 Å². The molecule has 0 bridgehead atoms. The summed E-state index contributed by atoms with van der Waals surface area (Å²) < 4.78 is 27.9. The van der Waals surface area contributed by atoms with E-state index in [1.54, 1.807) is 18.2 Å². The number of nitrogens with one attached hydrogen (secondary N) is 1. The van der Waals surface area contributed by atoms with Crippen LogP contribution in [0, 0.1) is 11.8 Å². The van der Waals surface area contributed by atoms with Crippen molar-refractivity contribution >= 4 is 15.7 Å². The molecular weight excluding hydrogens is 284 g/mol. The Morgan fingerprint density at radius 1 is 1.29 bits per heavy atom. The summed E-state index contributed by atoms with van der Waals surface area (Å²) in [6.45, 7) is 4.70. The van der Waals surface area contributed by atoms with Crippen LogP contribution in [0.4, 0.5) is 5.69 Å². The van der Waals surface area contributed by atoms with Crippen LogP contribution in [0.3, 0.4) is 0 Å². The molecule has 0 amide bonds. The molecule has 1 aromatic rings. The van der Waals surface area contributed by atoms with Crippen molar-refractivity contribution in [3.8, 4) is 0 Å². The van der Waals surface area contributed by atoms with Gasteiger partial charge >= 0.3 is 0 Å². The van der Waals surface area contributed by atoms with E-state index in [1.165, 1.54) is 19.3 Å². The molecule has 21 heavy (non-hydrogen) atoms. The highest BCUT2D eigenvalue weighted by Crippen LogP contribution is 2.29. The van der Waals surface area contributed by atoms with Gasteiger partial charge < -0.3 is 5.73 Å². The third-order valence-electron chi connectivity index (χ3n) is 4.59. The smallest absolute Gasteiger partial charge is 0.240 e. The Labute approximate surface area is 128 Å². The standard InChI is InChI=1S/C16H26N2O2S/c1-3-13-8-9-15(17)10-16(13)21(19,20)18-11-14-7-5-4-6-12(14)2/h8-10,12,14,18H,3-7,11,17H2,1-2H3. The number of hydrogen-bond donors (Lipinski definition) is 2. The van der Waals surface area contributed by atoms with Crippen LogP contribution in [0.5, 0.6) is 0 Å². The SMILES string of the molecule is CCc1ccc(N)cc1S(=O)(=O)NCC1CCCCC1C. The molecule has 3 N–H and O–H groups in total. The van der Waals surface area contributed by atoms with E-state index in [0.29, 0.717) is 35.4 Å². The maximum absolute atomic E-state index is 12.5. The third-order valence-corrected chi connectivity index (χ3v) is 6.09. The quantitative estimate of drug-likeness (QED) is 0.821. The predicted molar refractivity (Wildman–Crippen MR) is 86.5 cm³/mol. The van der Waals surface area contributed by atoms with Gasteiger partial charge in [0.1, 0.15) is 0 Å². The van der Waals surface area contributed by atoms with Crippen LogP contribution in [0.1, 0.15) is 45.1 Å². The molecule has 4 nitrogen and oxygen atoms in total. The second-order valence-corrected chi connectivity index (χ2v) is 7.83. The van der Waals surface area contributed by atoms with E-state index < -0.39 is 10.0 Å². The molecule has 1 aromatic carbocycles. The van der Waals surface area contributed by atoms with Gasteiger partial charge in [0, 0.05) is 12.2 Å². The average Bonchev–Trinajstić information content (AvgIpc) is 2.46. The molecular formula is C16H26N2O2S. The second-order valence-electron chi connectivity index (χ2n) is 6.09. The van der Waals surface area contributed by atoms with E-state index >= 15 is 0 Å². The fourth-order valence-corrected chi connectivity index (χ4v) is 4.54. The summed E-state index contributed by atoms with van der Waals surface area (Å²) in [4.78, 5) is 0.327. The van der Waals surface area contributed by atoms with Gasteiger partial charge in [-0.3, -0.25) is 0 Å². The molecule has 2 rings (SSSR count). The Morgan fingerprint density at radius 3 is 2.67 bits per heavy atom. The zero-order valence-electron chi connectivity index (χ0n) is 12.9. The monoisotopic (exact) mass is 310 g/mol. The van der Waals surface area contributed by atoms with Gasteiger partial charge in [0.2, 0.25) is 10.0 Å². The minimum absolute atomic E-state index is 0.327. The molecule has 0 radical (unpaired) electrons. The maximum Gasteiger partial charge on any atom is 0.240 e. The van der Waals surface area contributed by atoms with E-state index in [4.69, 9.17) is 5.73 Å². The van der Waals surface area contributed by atoms with E-state index in [-0.39, 0.29) is 0 Å². The van der Waals surface area contributed by atoms with Crippen LogP contribution in [0.15, 0.2) is 23.1 Å². The molecule has 1 fully saturated rings. The van der Waals surface area contributed by atoms with Crippen molar-refractivity contribution < 1.29 is 8.42 Å². The Bertz CT molecular complexity index is 584. The number of rotatable bonds is 5. The Balaban J connectivity index is 2.13. The summed E-state index contributed by atoms with van der Waals surface area (Å²) in [5, 5.41) is 0. The minimum Gasteiger partial charge on any atom is -0.399 e. The number of nitrogen functional groups attached to an aromatic ring is 1. The molecule has 2 atom stereocenters. The molecule has 118 valence electrons. The van der Waals surface area contributed by atoms with Gasteiger partial charge in [0.15, 0.2) is 0 Å². The number of benzene rings is 1. The Hall–Kier alpha value is -1.07. The number of hydrogen-bond acceptors (Lipinski definition) is 3. The molecule has 1 aliphatic rings. The van der Waals surface area contributed by atoms with Crippen LogP contribution < -0.4 is 10.5 Å². The zero-order valence-corrected chi connectivity index (χ0v) is 13.7. The first-order valence-electron chi connectivity index (χ1n) is 7.82. The average molecular weight is 310 g/mol. The van der Waals surface area contributed by atoms with Gasteiger partial charge in [0.05, 0.1) is 4.90 Å². The van der Waals surface area contributed by atoms with E-state index in [1.807, 2.05) is 6.92 Å². The van der Waals surface area contributed by atoms with Gasteiger partial charge in [-0.15, -0.1) is 0 Å². The van der Waals surface area contributed by atoms with Gasteiger partial charge in [-0.05, 0) is 42.4 Å². The molecule has 0 spiro atoms. The van der Waals surface area contributed by atoms with Gasteiger partial charge in [-0.2, -0.15) is 0 Å². The highest BCUT2D eigenvalue weighted by molar-refractivity contribution is 7.89. The summed E-state index contributed by atoms with van der Waals surface area (Å²) in [6, 6.07) is 5.11. The maximum atomic E-state index is 12.5. The number of anilines is 1. The summed E-state index contributed by atoms with van der Waals surface area (Å²) in [7, 11) is -3.48. The van der Waals surface area contributed by atoms with Gasteiger partial charge in [0.25, 0.3) is 0 Å². The molecule has 0 heterocycles. The first kappa shape index (κ1) is 16.3.